The maximum atomic E-state index is 11.1. The van der Waals surface area contributed by atoms with Crippen LogP contribution in [0.5, 0.6) is 0 Å². The van der Waals surface area contributed by atoms with Crippen molar-refractivity contribution < 1.29 is 19.4 Å². The fourth-order valence-corrected chi connectivity index (χ4v) is 3.99. The van der Waals surface area contributed by atoms with Crippen LogP contribution < -0.4 is 5.73 Å². The molecule has 3 N–H and O–H groups in total. The van der Waals surface area contributed by atoms with Crippen LogP contribution in [0.15, 0.2) is 0 Å². The van der Waals surface area contributed by atoms with E-state index in [1.165, 1.54) is 0 Å². The van der Waals surface area contributed by atoms with E-state index in [0.29, 0.717) is 18.9 Å². The normalized spacial score (nSPS) is 37.0. The Kier molecular flexibility index (Phi) is 4.96. The van der Waals surface area contributed by atoms with Crippen molar-refractivity contribution in [1.29, 1.82) is 0 Å². The van der Waals surface area contributed by atoms with Crippen molar-refractivity contribution in [3.05, 3.63) is 0 Å². The summed E-state index contributed by atoms with van der Waals surface area (Å²) in [6.07, 6.45) is 4.16. The highest BCUT2D eigenvalue weighted by Crippen LogP contribution is 2.52. The van der Waals surface area contributed by atoms with Gasteiger partial charge in [0.15, 0.2) is 5.79 Å². The average molecular weight is 299 g/mol. The molecule has 0 amide bonds. The molecule has 1 aliphatic heterocycles. The van der Waals surface area contributed by atoms with Crippen molar-refractivity contribution >= 4 is 5.97 Å². The van der Waals surface area contributed by atoms with Gasteiger partial charge in [-0.1, -0.05) is 20.8 Å². The van der Waals surface area contributed by atoms with Crippen LogP contribution in [-0.2, 0) is 14.3 Å². The van der Waals surface area contributed by atoms with Crippen LogP contribution in [0.1, 0.15) is 59.3 Å². The molecule has 1 saturated carbocycles. The Morgan fingerprint density at radius 2 is 2.00 bits per heavy atom. The molecule has 4 unspecified atom stereocenters. The quantitative estimate of drug-likeness (QED) is 0.833. The number of carboxylic acids is 1. The molecule has 0 aromatic rings. The molecule has 0 aromatic carbocycles. The monoisotopic (exact) mass is 299 g/mol. The maximum absolute atomic E-state index is 11.1. The first-order chi connectivity index (χ1) is 9.77. The fourth-order valence-electron chi connectivity index (χ4n) is 3.99. The van der Waals surface area contributed by atoms with Gasteiger partial charge in [-0.3, -0.25) is 4.79 Å². The van der Waals surface area contributed by atoms with E-state index in [1.807, 2.05) is 0 Å². The van der Waals surface area contributed by atoms with E-state index in [2.05, 4.69) is 20.8 Å². The summed E-state index contributed by atoms with van der Waals surface area (Å²) in [5, 5.41) is 9.09. The second kappa shape index (κ2) is 6.23. The van der Waals surface area contributed by atoms with Crippen molar-refractivity contribution in [2.75, 3.05) is 6.54 Å². The summed E-state index contributed by atoms with van der Waals surface area (Å²) in [5.41, 5.74) is 5.75. The highest BCUT2D eigenvalue weighted by atomic mass is 16.7. The third-order valence-corrected chi connectivity index (χ3v) is 4.74. The Hall–Kier alpha value is -0.650. The Bertz CT molecular complexity index is 379. The van der Waals surface area contributed by atoms with Crippen LogP contribution in [0.2, 0.25) is 0 Å². The lowest BCUT2D eigenvalue weighted by molar-refractivity contribution is -0.342. The predicted octanol–water partition coefficient (Wildman–Crippen LogP) is 2.53. The summed E-state index contributed by atoms with van der Waals surface area (Å²) < 4.78 is 12.5. The Morgan fingerprint density at radius 1 is 1.33 bits per heavy atom. The summed E-state index contributed by atoms with van der Waals surface area (Å²) in [5.74, 6) is -1.13. The number of carboxylic acid groups (broad SMARTS) is 1. The zero-order chi connectivity index (χ0) is 15.7. The van der Waals surface area contributed by atoms with E-state index < -0.39 is 11.8 Å². The van der Waals surface area contributed by atoms with Crippen molar-refractivity contribution in [3.8, 4) is 0 Å². The van der Waals surface area contributed by atoms with Gasteiger partial charge in [0.05, 0.1) is 18.6 Å². The zero-order valence-corrected chi connectivity index (χ0v) is 13.4. The van der Waals surface area contributed by atoms with Gasteiger partial charge < -0.3 is 20.3 Å². The molecule has 1 aliphatic carbocycles. The van der Waals surface area contributed by atoms with Crippen LogP contribution in [0.4, 0.5) is 0 Å². The molecule has 2 aliphatic rings. The SMILES string of the molecule is CC(C)(C)C1CCCC12OC(CCN)CC(CC(=O)O)O2. The molecule has 2 rings (SSSR count). The van der Waals surface area contributed by atoms with Crippen LogP contribution in [0, 0.1) is 11.3 Å². The number of hydrogen-bond donors (Lipinski definition) is 2. The summed E-state index contributed by atoms with van der Waals surface area (Å²) in [6.45, 7) is 7.17. The van der Waals surface area contributed by atoms with E-state index in [4.69, 9.17) is 20.3 Å². The smallest absolute Gasteiger partial charge is 0.305 e. The highest BCUT2D eigenvalue weighted by Gasteiger charge is 2.54. The number of aliphatic carboxylic acids is 1. The van der Waals surface area contributed by atoms with Crippen LogP contribution in [0.3, 0.4) is 0 Å². The summed E-state index contributed by atoms with van der Waals surface area (Å²) in [6, 6.07) is 0. The average Bonchev–Trinajstić information content (AvgIpc) is 2.70. The molecular weight excluding hydrogens is 270 g/mol. The molecule has 0 radical (unpaired) electrons. The minimum Gasteiger partial charge on any atom is -0.481 e. The topological polar surface area (TPSA) is 81.8 Å². The van der Waals surface area contributed by atoms with Gasteiger partial charge in [-0.15, -0.1) is 0 Å². The molecule has 5 nitrogen and oxygen atoms in total. The van der Waals surface area contributed by atoms with Crippen molar-refractivity contribution in [2.24, 2.45) is 17.1 Å². The maximum Gasteiger partial charge on any atom is 0.305 e. The van der Waals surface area contributed by atoms with E-state index in [-0.39, 0.29) is 24.0 Å². The lowest BCUT2D eigenvalue weighted by atomic mass is 9.76. The molecule has 0 aromatic heterocycles. The van der Waals surface area contributed by atoms with Gasteiger partial charge in [0.25, 0.3) is 0 Å². The number of hydrogen-bond acceptors (Lipinski definition) is 4. The van der Waals surface area contributed by atoms with Crippen LogP contribution >= 0.6 is 0 Å². The van der Waals surface area contributed by atoms with E-state index >= 15 is 0 Å². The molecule has 0 bridgehead atoms. The molecule has 122 valence electrons. The first-order valence-electron chi connectivity index (χ1n) is 8.04. The highest BCUT2D eigenvalue weighted by molar-refractivity contribution is 5.67. The number of carbonyl (C=O) groups is 1. The molecule has 5 heteroatoms. The summed E-state index contributed by atoms with van der Waals surface area (Å²) in [7, 11) is 0. The van der Waals surface area contributed by atoms with E-state index in [1.54, 1.807) is 0 Å². The standard InChI is InChI=1S/C16H29NO4/c1-15(2,3)13-5-4-7-16(13)20-11(6-8-17)9-12(21-16)10-14(18)19/h11-13H,4-10,17H2,1-3H3,(H,18,19). The van der Waals surface area contributed by atoms with E-state index in [0.717, 1.165) is 25.7 Å². The first kappa shape index (κ1) is 16.7. The molecule has 4 atom stereocenters. The lowest BCUT2D eigenvalue weighted by Crippen LogP contribution is -2.54. The third-order valence-electron chi connectivity index (χ3n) is 4.74. The number of rotatable bonds is 4. The second-order valence-electron chi connectivity index (χ2n) is 7.51. The predicted molar refractivity (Wildman–Crippen MR) is 79.8 cm³/mol. The van der Waals surface area contributed by atoms with Crippen LogP contribution in [-0.4, -0.2) is 35.6 Å². The van der Waals surface area contributed by atoms with Crippen molar-refractivity contribution in [1.82, 2.24) is 0 Å². The summed E-state index contributed by atoms with van der Waals surface area (Å²) >= 11 is 0. The molecule has 1 heterocycles. The minimum atomic E-state index is -0.811. The van der Waals surface area contributed by atoms with Gasteiger partial charge in [-0.05, 0) is 31.2 Å². The number of ether oxygens (including phenoxy) is 2. The van der Waals surface area contributed by atoms with Crippen LogP contribution in [0.25, 0.3) is 0 Å². The van der Waals surface area contributed by atoms with Gasteiger partial charge in [0.2, 0.25) is 0 Å². The molecule has 1 spiro atoms. The minimum absolute atomic E-state index is 0.0102. The Balaban J connectivity index is 2.21. The van der Waals surface area contributed by atoms with Crippen molar-refractivity contribution in [3.63, 3.8) is 0 Å². The zero-order valence-electron chi connectivity index (χ0n) is 13.4. The third kappa shape index (κ3) is 3.76. The lowest BCUT2D eigenvalue weighted by Gasteiger charge is -2.49. The van der Waals surface area contributed by atoms with Gasteiger partial charge in [-0.2, -0.15) is 0 Å². The Morgan fingerprint density at radius 3 is 2.57 bits per heavy atom. The summed E-state index contributed by atoms with van der Waals surface area (Å²) in [4.78, 5) is 11.1. The number of nitrogens with two attached hydrogens (primary N) is 1. The van der Waals surface area contributed by atoms with Gasteiger partial charge >= 0.3 is 5.97 Å². The molecular formula is C16H29NO4. The molecule has 1 saturated heterocycles. The molecule has 21 heavy (non-hydrogen) atoms. The second-order valence-corrected chi connectivity index (χ2v) is 7.51. The van der Waals surface area contributed by atoms with Crippen molar-refractivity contribution in [2.45, 2.75) is 77.3 Å². The van der Waals surface area contributed by atoms with E-state index in [9.17, 15) is 4.79 Å². The largest absolute Gasteiger partial charge is 0.481 e. The first-order valence-corrected chi connectivity index (χ1v) is 8.04. The van der Waals surface area contributed by atoms with Gasteiger partial charge in [-0.25, -0.2) is 0 Å². The molecule has 2 fully saturated rings. The fraction of sp³-hybridized carbons (Fsp3) is 0.938. The van der Waals surface area contributed by atoms with Gasteiger partial charge in [0, 0.05) is 18.8 Å². The Labute approximate surface area is 127 Å². The van der Waals surface area contributed by atoms with Gasteiger partial charge in [0.1, 0.15) is 0 Å².